The van der Waals surface area contributed by atoms with Crippen LogP contribution in [0.15, 0.2) is 0 Å². The Balaban J connectivity index is 5.26. The zero-order chi connectivity index (χ0) is 21.9. The highest BCUT2D eigenvalue weighted by molar-refractivity contribution is 7.80. The quantitative estimate of drug-likeness (QED) is 0.142. The number of thiol groups is 1. The van der Waals surface area contributed by atoms with Crippen molar-refractivity contribution in [3.63, 3.8) is 0 Å². The van der Waals surface area contributed by atoms with Crippen molar-refractivity contribution in [2.45, 2.75) is 64.2 Å². The Morgan fingerprint density at radius 2 is 1.50 bits per heavy atom. The lowest BCUT2D eigenvalue weighted by atomic mass is 10.0. The van der Waals surface area contributed by atoms with Crippen LogP contribution in [0.25, 0.3) is 0 Å². The second kappa shape index (κ2) is 13.3. The lowest BCUT2D eigenvalue weighted by Crippen LogP contribution is -2.58. The molecule has 4 unspecified atom stereocenters. The normalized spacial score (nSPS) is 15.2. The lowest BCUT2D eigenvalue weighted by Gasteiger charge is -2.26. The van der Waals surface area contributed by atoms with Crippen molar-refractivity contribution in [1.82, 2.24) is 16.0 Å². The van der Waals surface area contributed by atoms with Crippen LogP contribution < -0.4 is 27.4 Å². The number of carbonyl (C=O) groups is 4. The maximum atomic E-state index is 12.7. The molecule has 0 saturated heterocycles. The number of carboxylic acid groups (broad SMARTS) is 1. The highest BCUT2D eigenvalue weighted by Gasteiger charge is 2.30. The molecular weight excluding hydrogens is 386 g/mol. The van der Waals surface area contributed by atoms with E-state index in [1.807, 2.05) is 0 Å². The third kappa shape index (κ3) is 9.38. The number of aliphatic carboxylic acids is 1. The van der Waals surface area contributed by atoms with Crippen molar-refractivity contribution in [3.05, 3.63) is 0 Å². The Morgan fingerprint density at radius 3 is 1.93 bits per heavy atom. The van der Waals surface area contributed by atoms with E-state index < -0.39 is 47.9 Å². The molecule has 0 fully saturated rings. The molecule has 10 nitrogen and oxygen atoms in total. The van der Waals surface area contributed by atoms with Crippen LogP contribution in [0.3, 0.4) is 0 Å². The fourth-order valence-corrected chi connectivity index (χ4v) is 2.55. The van der Waals surface area contributed by atoms with Crippen LogP contribution in [0.1, 0.15) is 40.0 Å². The summed E-state index contributed by atoms with van der Waals surface area (Å²) < 4.78 is 0. The van der Waals surface area contributed by atoms with Crippen molar-refractivity contribution in [2.75, 3.05) is 12.3 Å². The van der Waals surface area contributed by atoms with E-state index in [4.69, 9.17) is 16.6 Å². The van der Waals surface area contributed by atoms with Crippen LogP contribution in [-0.2, 0) is 19.2 Å². The topological polar surface area (TPSA) is 177 Å². The molecule has 0 saturated carbocycles. The third-order valence-corrected chi connectivity index (χ3v) is 4.40. The molecule has 28 heavy (non-hydrogen) atoms. The Kier molecular flexibility index (Phi) is 12.5. The molecule has 0 spiro atoms. The summed E-state index contributed by atoms with van der Waals surface area (Å²) in [4.78, 5) is 48.2. The number of nitrogens with two attached hydrogens (primary N) is 2. The first-order valence-electron chi connectivity index (χ1n) is 9.25. The van der Waals surface area contributed by atoms with Gasteiger partial charge < -0.3 is 32.5 Å². The van der Waals surface area contributed by atoms with E-state index in [1.54, 1.807) is 13.8 Å². The number of rotatable bonds is 13. The van der Waals surface area contributed by atoms with Gasteiger partial charge in [0.1, 0.15) is 18.1 Å². The van der Waals surface area contributed by atoms with E-state index >= 15 is 0 Å². The van der Waals surface area contributed by atoms with Crippen molar-refractivity contribution in [2.24, 2.45) is 17.4 Å². The maximum absolute atomic E-state index is 12.7. The van der Waals surface area contributed by atoms with Gasteiger partial charge in [-0.25, -0.2) is 4.79 Å². The Morgan fingerprint density at radius 1 is 0.929 bits per heavy atom. The molecule has 0 rings (SSSR count). The number of hydrogen-bond donors (Lipinski definition) is 7. The fourth-order valence-electron chi connectivity index (χ4n) is 2.30. The van der Waals surface area contributed by atoms with Crippen LogP contribution in [0.2, 0.25) is 0 Å². The summed E-state index contributed by atoms with van der Waals surface area (Å²) in [6.45, 7) is 5.42. The first-order valence-corrected chi connectivity index (χ1v) is 9.88. The van der Waals surface area contributed by atoms with Gasteiger partial charge in [-0.1, -0.05) is 13.8 Å². The predicted octanol–water partition coefficient (Wildman–Crippen LogP) is -1.41. The third-order valence-electron chi connectivity index (χ3n) is 4.04. The van der Waals surface area contributed by atoms with Gasteiger partial charge in [-0.3, -0.25) is 14.4 Å². The Labute approximate surface area is 171 Å². The first-order chi connectivity index (χ1) is 13.0. The molecule has 0 aromatic carbocycles. The number of amides is 3. The number of carbonyl (C=O) groups excluding carboxylic acids is 3. The summed E-state index contributed by atoms with van der Waals surface area (Å²) in [6, 6.07) is -3.81. The molecule has 0 aromatic heterocycles. The molecule has 0 aliphatic rings. The molecule has 3 amide bonds. The first kappa shape index (κ1) is 26.1. The summed E-state index contributed by atoms with van der Waals surface area (Å²) in [5, 5.41) is 16.6. The molecule has 0 bridgehead atoms. The molecular formula is C17H33N5O5S. The highest BCUT2D eigenvalue weighted by atomic mass is 32.1. The molecule has 4 atom stereocenters. The maximum Gasteiger partial charge on any atom is 0.327 e. The SMILES string of the molecule is CC(N)C(=O)NC(C(=O)NC(CCCCN)C(=O)NC(CS)C(=O)O)C(C)C. The van der Waals surface area contributed by atoms with Crippen molar-refractivity contribution in [3.8, 4) is 0 Å². The average Bonchev–Trinajstić information content (AvgIpc) is 2.61. The van der Waals surface area contributed by atoms with Gasteiger partial charge in [0.25, 0.3) is 0 Å². The van der Waals surface area contributed by atoms with Gasteiger partial charge in [-0.05, 0) is 38.6 Å². The standard InChI is InChI=1S/C17H33N5O5S/c1-9(2)13(22-14(23)10(3)19)16(25)20-11(6-4-5-7-18)15(24)21-12(8-28)17(26)27/h9-13,28H,4-8,18-19H2,1-3H3,(H,20,25)(H,21,24)(H,22,23)(H,26,27). The molecule has 0 radical (unpaired) electrons. The summed E-state index contributed by atoms with van der Waals surface area (Å²) in [5.74, 6) is -3.23. The van der Waals surface area contributed by atoms with Gasteiger partial charge in [0, 0.05) is 5.75 Å². The number of nitrogens with one attached hydrogen (secondary N) is 3. The largest absolute Gasteiger partial charge is 0.480 e. The van der Waals surface area contributed by atoms with Gasteiger partial charge >= 0.3 is 5.97 Å². The molecule has 11 heteroatoms. The number of unbranched alkanes of at least 4 members (excludes halogenated alkanes) is 1. The Hall–Kier alpha value is -1.85. The molecule has 162 valence electrons. The zero-order valence-electron chi connectivity index (χ0n) is 16.6. The minimum atomic E-state index is -1.22. The molecule has 0 aromatic rings. The lowest BCUT2D eigenvalue weighted by molar-refractivity contribution is -0.141. The van der Waals surface area contributed by atoms with Crippen LogP contribution in [0.4, 0.5) is 0 Å². The van der Waals surface area contributed by atoms with Crippen LogP contribution in [-0.4, -0.2) is 65.3 Å². The van der Waals surface area contributed by atoms with E-state index in [-0.39, 0.29) is 18.1 Å². The van der Waals surface area contributed by atoms with Gasteiger partial charge in [-0.15, -0.1) is 0 Å². The summed E-state index contributed by atoms with van der Waals surface area (Å²) in [5.41, 5.74) is 11.0. The summed E-state index contributed by atoms with van der Waals surface area (Å²) >= 11 is 3.91. The Bertz CT molecular complexity index is 544. The minimum Gasteiger partial charge on any atom is -0.480 e. The van der Waals surface area contributed by atoms with Crippen molar-refractivity contribution in [1.29, 1.82) is 0 Å². The van der Waals surface area contributed by atoms with E-state index in [1.165, 1.54) is 6.92 Å². The second-order valence-corrected chi connectivity index (χ2v) is 7.31. The fraction of sp³-hybridized carbons (Fsp3) is 0.765. The second-order valence-electron chi connectivity index (χ2n) is 6.95. The average molecular weight is 420 g/mol. The van der Waals surface area contributed by atoms with Crippen LogP contribution >= 0.6 is 12.6 Å². The molecule has 0 aliphatic heterocycles. The van der Waals surface area contributed by atoms with E-state index in [0.29, 0.717) is 19.4 Å². The summed E-state index contributed by atoms with van der Waals surface area (Å²) in [7, 11) is 0. The monoisotopic (exact) mass is 419 g/mol. The van der Waals surface area contributed by atoms with Crippen LogP contribution in [0.5, 0.6) is 0 Å². The van der Waals surface area contributed by atoms with E-state index in [2.05, 4.69) is 28.6 Å². The van der Waals surface area contributed by atoms with Crippen LogP contribution in [0, 0.1) is 5.92 Å². The molecule has 0 heterocycles. The van der Waals surface area contributed by atoms with Gasteiger partial charge in [-0.2, -0.15) is 12.6 Å². The molecule has 0 aliphatic carbocycles. The van der Waals surface area contributed by atoms with E-state index in [0.717, 1.165) is 0 Å². The zero-order valence-corrected chi connectivity index (χ0v) is 17.5. The van der Waals surface area contributed by atoms with Gasteiger partial charge in [0.15, 0.2) is 0 Å². The van der Waals surface area contributed by atoms with Crippen molar-refractivity contribution < 1.29 is 24.3 Å². The van der Waals surface area contributed by atoms with E-state index in [9.17, 15) is 19.2 Å². The number of hydrogen-bond acceptors (Lipinski definition) is 7. The highest BCUT2D eigenvalue weighted by Crippen LogP contribution is 2.07. The molecule has 8 N–H and O–H groups in total. The minimum absolute atomic E-state index is 0.0936. The smallest absolute Gasteiger partial charge is 0.327 e. The number of carboxylic acids is 1. The van der Waals surface area contributed by atoms with Crippen molar-refractivity contribution >= 4 is 36.3 Å². The van der Waals surface area contributed by atoms with Gasteiger partial charge in [0.05, 0.1) is 6.04 Å². The van der Waals surface area contributed by atoms with Gasteiger partial charge in [0.2, 0.25) is 17.7 Å². The predicted molar refractivity (Wildman–Crippen MR) is 109 cm³/mol. The summed E-state index contributed by atoms with van der Waals surface area (Å²) in [6.07, 6.45) is 1.48.